The molecule has 3 heteroatoms. The number of allylic oxidation sites excluding steroid dienone is 3. The van der Waals surface area contributed by atoms with Crippen molar-refractivity contribution >= 4 is 22.7 Å². The molecular weight excluding hydrogens is 394 g/mol. The zero-order valence-corrected chi connectivity index (χ0v) is 18.4. The van der Waals surface area contributed by atoms with E-state index >= 15 is 0 Å². The molecule has 2 aromatic rings. The van der Waals surface area contributed by atoms with Gasteiger partial charge in [0.25, 0.3) is 0 Å². The quantitative estimate of drug-likeness (QED) is 0.402. The third kappa shape index (κ3) is 3.54. The maximum atomic E-state index is 13.5. The van der Waals surface area contributed by atoms with Gasteiger partial charge in [-0.2, -0.15) is 0 Å². The van der Waals surface area contributed by atoms with Crippen molar-refractivity contribution in [2.75, 3.05) is 19.6 Å². The van der Waals surface area contributed by atoms with Gasteiger partial charge in [0, 0.05) is 34.7 Å². The van der Waals surface area contributed by atoms with Crippen molar-refractivity contribution < 1.29 is 9.59 Å². The molecule has 1 unspecified atom stereocenters. The van der Waals surface area contributed by atoms with Crippen LogP contribution in [-0.4, -0.2) is 36.1 Å². The zero-order valence-electron chi connectivity index (χ0n) is 18.4. The number of carbonyl (C=O) groups excluding carboxylic acids is 2. The van der Waals surface area contributed by atoms with Crippen LogP contribution in [0.2, 0.25) is 0 Å². The van der Waals surface area contributed by atoms with E-state index < -0.39 is 0 Å². The molecule has 0 aliphatic heterocycles. The van der Waals surface area contributed by atoms with Crippen molar-refractivity contribution in [2.24, 2.45) is 5.92 Å². The number of fused-ring (bicyclic) bond motifs is 4. The average Bonchev–Trinajstić information content (AvgIpc) is 3.44. The minimum absolute atomic E-state index is 0.0589. The lowest BCUT2D eigenvalue weighted by Crippen LogP contribution is -2.27. The normalized spacial score (nSPS) is 18.3. The fourth-order valence-electron chi connectivity index (χ4n) is 5.19. The van der Waals surface area contributed by atoms with Gasteiger partial charge in [0.2, 0.25) is 0 Å². The Labute approximate surface area is 189 Å². The molecule has 0 N–H and O–H groups in total. The third-order valence-electron chi connectivity index (χ3n) is 6.81. The summed E-state index contributed by atoms with van der Waals surface area (Å²) in [5, 5.41) is 0. The summed E-state index contributed by atoms with van der Waals surface area (Å²) in [5.41, 5.74) is 9.36. The van der Waals surface area contributed by atoms with Crippen molar-refractivity contribution in [1.82, 2.24) is 4.90 Å². The van der Waals surface area contributed by atoms with E-state index in [1.807, 2.05) is 60.7 Å². The van der Waals surface area contributed by atoms with Gasteiger partial charge in [-0.3, -0.25) is 14.5 Å². The minimum Gasteiger partial charge on any atom is -0.299 e. The summed E-state index contributed by atoms with van der Waals surface area (Å²) in [4.78, 5) is 29.2. The Kier molecular flexibility index (Phi) is 5.61. The molecule has 160 valence electrons. The van der Waals surface area contributed by atoms with E-state index in [2.05, 4.69) is 23.6 Å². The molecule has 3 aliphatic rings. The summed E-state index contributed by atoms with van der Waals surface area (Å²) in [6.45, 7) is 5.08. The first-order valence-electron chi connectivity index (χ1n) is 11.6. The lowest BCUT2D eigenvalue weighted by atomic mass is 9.75. The molecule has 3 aliphatic carbocycles. The molecule has 0 heterocycles. The van der Waals surface area contributed by atoms with E-state index in [0.29, 0.717) is 5.56 Å². The van der Waals surface area contributed by atoms with Crippen molar-refractivity contribution in [3.63, 3.8) is 0 Å². The fraction of sp³-hybridized carbons (Fsp3) is 0.276. The largest absolute Gasteiger partial charge is 0.299 e. The van der Waals surface area contributed by atoms with Gasteiger partial charge >= 0.3 is 0 Å². The molecular formula is C29H27NO2. The van der Waals surface area contributed by atoms with Crippen LogP contribution in [0.3, 0.4) is 0 Å². The highest BCUT2D eigenvalue weighted by molar-refractivity contribution is 6.43. The van der Waals surface area contributed by atoms with Crippen LogP contribution in [0.5, 0.6) is 0 Å². The van der Waals surface area contributed by atoms with Crippen molar-refractivity contribution in [2.45, 2.75) is 26.2 Å². The van der Waals surface area contributed by atoms with E-state index in [1.54, 1.807) is 0 Å². The Bertz CT molecular complexity index is 1220. The molecule has 0 bridgehead atoms. The molecule has 0 aromatic heterocycles. The number of unbranched alkanes of at least 4 members (excludes halogenated alkanes) is 1. The molecule has 0 radical (unpaired) electrons. The number of Topliss-reactive ketones (excluding diaryl/α,β-unsaturated/α-hetero) is 2. The molecule has 0 saturated carbocycles. The van der Waals surface area contributed by atoms with Gasteiger partial charge in [0.15, 0.2) is 11.6 Å². The zero-order chi connectivity index (χ0) is 22.1. The summed E-state index contributed by atoms with van der Waals surface area (Å²) < 4.78 is 0. The Morgan fingerprint density at radius 3 is 2.34 bits per heavy atom. The first kappa shape index (κ1) is 20.6. The number of nitrogens with zero attached hydrogens (tertiary/aromatic N) is 1. The predicted octanol–water partition coefficient (Wildman–Crippen LogP) is 5.75. The summed E-state index contributed by atoms with van der Waals surface area (Å²) in [5.74, 6) is -0.0303. The molecule has 3 nitrogen and oxygen atoms in total. The first-order valence-corrected chi connectivity index (χ1v) is 11.6. The summed E-state index contributed by atoms with van der Waals surface area (Å²) >= 11 is 0. The van der Waals surface area contributed by atoms with Crippen LogP contribution in [0.1, 0.15) is 58.0 Å². The maximum absolute atomic E-state index is 13.5. The Morgan fingerprint density at radius 1 is 0.906 bits per heavy atom. The van der Waals surface area contributed by atoms with Gasteiger partial charge in [0.1, 0.15) is 0 Å². The van der Waals surface area contributed by atoms with Crippen LogP contribution in [-0.2, 0) is 0 Å². The summed E-state index contributed by atoms with van der Waals surface area (Å²) in [6, 6.07) is 15.4. The topological polar surface area (TPSA) is 37.4 Å². The van der Waals surface area contributed by atoms with Crippen LogP contribution in [0, 0.1) is 5.92 Å². The smallest absolute Gasteiger partial charge is 0.194 e. The van der Waals surface area contributed by atoms with E-state index in [0.717, 1.165) is 66.7 Å². The highest BCUT2D eigenvalue weighted by atomic mass is 16.1. The maximum Gasteiger partial charge on any atom is 0.194 e. The molecule has 0 saturated heterocycles. The van der Waals surface area contributed by atoms with Crippen LogP contribution in [0.15, 0.2) is 78.1 Å². The number of hydrogen-bond acceptors (Lipinski definition) is 3. The molecule has 32 heavy (non-hydrogen) atoms. The second kappa shape index (κ2) is 8.70. The third-order valence-corrected chi connectivity index (χ3v) is 6.81. The number of ketones is 2. The van der Waals surface area contributed by atoms with Crippen LogP contribution >= 0.6 is 0 Å². The standard InChI is InChI=1S/C29H27NO2/c1-2-30(19-20-11-3-4-12-20)18-10-9-17-25-26-21-13-5-8-16-24(21)29(32)27(26)22-14-6-7-15-23(22)28(25)31/h3-8,11,13-16,25H,2,9-10,17-19H2,1H3. The van der Waals surface area contributed by atoms with Gasteiger partial charge < -0.3 is 0 Å². The number of likely N-dealkylation sites (N-methyl/N-ethyl adjacent to an activating group) is 1. The minimum atomic E-state index is -0.244. The molecule has 2 aromatic carbocycles. The van der Waals surface area contributed by atoms with E-state index in [9.17, 15) is 9.59 Å². The summed E-state index contributed by atoms with van der Waals surface area (Å²) in [6.07, 6.45) is 8.85. The van der Waals surface area contributed by atoms with Gasteiger partial charge in [0.05, 0.1) is 0 Å². The molecule has 0 fully saturated rings. The molecule has 1 atom stereocenters. The Hall–Kier alpha value is -3.26. The monoisotopic (exact) mass is 421 g/mol. The van der Waals surface area contributed by atoms with E-state index in [4.69, 9.17) is 0 Å². The first-order chi connectivity index (χ1) is 15.7. The highest BCUT2D eigenvalue weighted by Crippen LogP contribution is 2.48. The molecule has 0 spiro atoms. The lowest BCUT2D eigenvalue weighted by molar-refractivity contribution is 0.0941. The number of rotatable bonds is 8. The fourth-order valence-corrected chi connectivity index (χ4v) is 5.19. The van der Waals surface area contributed by atoms with Crippen LogP contribution < -0.4 is 0 Å². The number of benzene rings is 2. The van der Waals surface area contributed by atoms with E-state index in [1.165, 1.54) is 5.57 Å². The molecule has 0 amide bonds. The second-order valence-corrected chi connectivity index (χ2v) is 8.69. The lowest BCUT2D eigenvalue weighted by Gasteiger charge is -2.26. The predicted molar refractivity (Wildman–Crippen MR) is 129 cm³/mol. The van der Waals surface area contributed by atoms with Crippen LogP contribution in [0.25, 0.3) is 11.1 Å². The summed E-state index contributed by atoms with van der Waals surface area (Å²) in [7, 11) is 0. The average molecular weight is 422 g/mol. The van der Waals surface area contributed by atoms with Crippen molar-refractivity contribution in [3.8, 4) is 0 Å². The van der Waals surface area contributed by atoms with Gasteiger partial charge in [-0.05, 0) is 54.8 Å². The van der Waals surface area contributed by atoms with Gasteiger partial charge in [-0.15, -0.1) is 5.73 Å². The van der Waals surface area contributed by atoms with E-state index in [-0.39, 0.29) is 17.5 Å². The number of hydrogen-bond donors (Lipinski definition) is 0. The molecule has 5 rings (SSSR count). The SMILES string of the molecule is CCN(CCCCC1C(=O)c2ccccc2C2=C1c1ccccc1C2=O)CC1=C=CC=C1. The van der Waals surface area contributed by atoms with Gasteiger partial charge in [-0.1, -0.05) is 68.0 Å². The highest BCUT2D eigenvalue weighted by Gasteiger charge is 2.42. The van der Waals surface area contributed by atoms with Crippen molar-refractivity contribution in [3.05, 3.63) is 100 Å². The number of carbonyl (C=O) groups is 2. The van der Waals surface area contributed by atoms with Crippen LogP contribution in [0.4, 0.5) is 0 Å². The second-order valence-electron chi connectivity index (χ2n) is 8.69. The Balaban J connectivity index is 1.36. The van der Waals surface area contributed by atoms with Crippen molar-refractivity contribution in [1.29, 1.82) is 0 Å². The van der Waals surface area contributed by atoms with Gasteiger partial charge in [-0.25, -0.2) is 0 Å². The Morgan fingerprint density at radius 2 is 1.62 bits per heavy atom.